The van der Waals surface area contributed by atoms with E-state index in [1.54, 1.807) is 27.2 Å². The van der Waals surface area contributed by atoms with Crippen molar-refractivity contribution < 1.29 is 28.5 Å². The minimum absolute atomic E-state index is 0.172. The summed E-state index contributed by atoms with van der Waals surface area (Å²) >= 11 is 1.17. The Morgan fingerprint density at radius 3 is 2.44 bits per heavy atom. The highest BCUT2D eigenvalue weighted by Gasteiger charge is 2.26. The number of hydrogen-bond acceptors (Lipinski definition) is 9. The van der Waals surface area contributed by atoms with Crippen molar-refractivity contribution >= 4 is 39.8 Å². The van der Waals surface area contributed by atoms with Crippen LogP contribution in [0.5, 0.6) is 23.1 Å². The summed E-state index contributed by atoms with van der Waals surface area (Å²) in [6, 6.07) is 27.3. The minimum atomic E-state index is -0.806. The number of fused-ring (bicyclic) bond motifs is 2. The molecule has 0 aliphatic heterocycles. The SMILES string of the molecule is CCOC(=O)Oc1c(-c2ccc(OC)cc2OC)c2ccc(OCc3ccccc3)cc2n1Cc1ccc2nsnc2c1. The van der Waals surface area contributed by atoms with E-state index in [0.29, 0.717) is 41.8 Å². The summed E-state index contributed by atoms with van der Waals surface area (Å²) < 4.78 is 39.3. The first-order chi connectivity index (χ1) is 21.1. The maximum absolute atomic E-state index is 12.8. The average molecular weight is 596 g/mol. The summed E-state index contributed by atoms with van der Waals surface area (Å²) in [4.78, 5) is 12.8. The zero-order valence-electron chi connectivity index (χ0n) is 23.9. The molecule has 0 atom stereocenters. The molecule has 2 aromatic heterocycles. The number of carbonyl (C=O) groups is 1. The van der Waals surface area contributed by atoms with E-state index < -0.39 is 6.16 Å². The molecule has 0 N–H and O–H groups in total. The standard InChI is InChI=1S/C33H29N3O6S/c1-4-40-33(37)42-32-31(26-14-11-23(38-2)18-30(26)39-3)25-13-12-24(41-20-21-8-6-5-7-9-21)17-29(25)36(32)19-22-10-15-27-28(16-22)35-43-34-27/h5-18H,4,19-20H2,1-3H3. The third-order valence-corrected chi connectivity index (χ3v) is 7.57. The molecular formula is C33H29N3O6S. The van der Waals surface area contributed by atoms with Crippen LogP contribution in [-0.2, 0) is 17.9 Å². The molecule has 0 aliphatic rings. The molecule has 0 fully saturated rings. The number of aromatic nitrogens is 3. The van der Waals surface area contributed by atoms with Gasteiger partial charge in [-0.3, -0.25) is 0 Å². The van der Waals surface area contributed by atoms with Gasteiger partial charge in [-0.15, -0.1) is 0 Å². The second-order valence-corrected chi connectivity index (χ2v) is 10.2. The van der Waals surface area contributed by atoms with Crippen LogP contribution in [-0.4, -0.2) is 40.3 Å². The second-order valence-electron chi connectivity index (χ2n) is 9.66. The number of ether oxygens (including phenoxy) is 5. The monoisotopic (exact) mass is 595 g/mol. The Morgan fingerprint density at radius 2 is 1.65 bits per heavy atom. The highest BCUT2D eigenvalue weighted by Crippen LogP contribution is 2.46. The van der Waals surface area contributed by atoms with Crippen molar-refractivity contribution in [3.05, 3.63) is 96.1 Å². The number of hydrogen-bond donors (Lipinski definition) is 0. The number of rotatable bonds is 10. The zero-order valence-corrected chi connectivity index (χ0v) is 24.7. The van der Waals surface area contributed by atoms with Crippen molar-refractivity contribution in [1.29, 1.82) is 0 Å². The van der Waals surface area contributed by atoms with E-state index in [4.69, 9.17) is 23.7 Å². The maximum Gasteiger partial charge on any atom is 0.515 e. The van der Waals surface area contributed by atoms with Gasteiger partial charge >= 0.3 is 6.16 Å². The van der Waals surface area contributed by atoms with E-state index >= 15 is 0 Å². The molecule has 2 heterocycles. The van der Waals surface area contributed by atoms with Gasteiger partial charge in [-0.1, -0.05) is 36.4 Å². The lowest BCUT2D eigenvalue weighted by molar-refractivity contribution is 0.101. The summed E-state index contributed by atoms with van der Waals surface area (Å²) in [5.74, 6) is 2.18. The Bertz CT molecular complexity index is 1900. The molecule has 0 saturated heterocycles. The fraction of sp³-hybridized carbons (Fsp3) is 0.182. The van der Waals surface area contributed by atoms with Gasteiger partial charge in [-0.05, 0) is 54.4 Å². The van der Waals surface area contributed by atoms with Crippen molar-refractivity contribution in [2.24, 2.45) is 0 Å². The number of methoxy groups -OCH3 is 2. The summed E-state index contributed by atoms with van der Waals surface area (Å²) in [6.45, 7) is 2.69. The topological polar surface area (TPSA) is 93.9 Å². The Hall–Kier alpha value is -5.09. The molecule has 10 heteroatoms. The lowest BCUT2D eigenvalue weighted by atomic mass is 10.0. The van der Waals surface area contributed by atoms with Gasteiger partial charge in [0.15, 0.2) is 0 Å². The van der Waals surface area contributed by atoms with Gasteiger partial charge < -0.3 is 28.3 Å². The summed E-state index contributed by atoms with van der Waals surface area (Å²) in [7, 11) is 3.19. The fourth-order valence-electron chi connectivity index (χ4n) is 5.00. The molecule has 0 unspecified atom stereocenters. The predicted molar refractivity (Wildman–Crippen MR) is 165 cm³/mol. The van der Waals surface area contributed by atoms with Gasteiger partial charge in [-0.2, -0.15) is 8.75 Å². The van der Waals surface area contributed by atoms with Gasteiger partial charge in [0.05, 0.1) is 50.2 Å². The number of carbonyl (C=O) groups excluding carboxylic acids is 1. The van der Waals surface area contributed by atoms with Gasteiger partial charge in [0.2, 0.25) is 5.88 Å². The fourth-order valence-corrected chi connectivity index (χ4v) is 5.52. The molecule has 6 rings (SSSR count). The predicted octanol–water partition coefficient (Wildman–Crippen LogP) is 7.49. The van der Waals surface area contributed by atoms with Crippen LogP contribution in [0.1, 0.15) is 18.1 Å². The van der Waals surface area contributed by atoms with Crippen molar-refractivity contribution in [1.82, 2.24) is 13.3 Å². The molecular weight excluding hydrogens is 566 g/mol. The quantitative estimate of drug-likeness (QED) is 0.150. The molecule has 0 radical (unpaired) electrons. The lowest BCUT2D eigenvalue weighted by Gasteiger charge is -2.14. The van der Waals surface area contributed by atoms with Crippen LogP contribution in [0, 0.1) is 0 Å². The van der Waals surface area contributed by atoms with Crippen molar-refractivity contribution in [2.75, 3.05) is 20.8 Å². The molecule has 9 nitrogen and oxygen atoms in total. The van der Waals surface area contributed by atoms with Crippen LogP contribution in [0.15, 0.2) is 84.9 Å². The van der Waals surface area contributed by atoms with E-state index in [-0.39, 0.29) is 6.61 Å². The Morgan fingerprint density at radius 1 is 0.837 bits per heavy atom. The largest absolute Gasteiger partial charge is 0.515 e. The van der Waals surface area contributed by atoms with E-state index in [9.17, 15) is 4.79 Å². The van der Waals surface area contributed by atoms with E-state index in [1.165, 1.54) is 11.7 Å². The van der Waals surface area contributed by atoms with Crippen LogP contribution in [0.3, 0.4) is 0 Å². The zero-order chi connectivity index (χ0) is 29.8. The third-order valence-electron chi connectivity index (χ3n) is 7.02. The highest BCUT2D eigenvalue weighted by molar-refractivity contribution is 7.00. The Kier molecular flexibility index (Phi) is 8.10. The molecule has 43 heavy (non-hydrogen) atoms. The molecule has 0 bridgehead atoms. The van der Waals surface area contributed by atoms with E-state index in [1.807, 2.05) is 83.4 Å². The van der Waals surface area contributed by atoms with Crippen molar-refractivity contribution in [2.45, 2.75) is 20.1 Å². The second kappa shape index (κ2) is 12.4. The molecule has 0 saturated carbocycles. The van der Waals surface area contributed by atoms with Gasteiger partial charge in [0.25, 0.3) is 0 Å². The minimum Gasteiger partial charge on any atom is -0.497 e. The van der Waals surface area contributed by atoms with E-state index in [0.717, 1.165) is 38.6 Å². The van der Waals surface area contributed by atoms with Crippen LogP contribution >= 0.6 is 11.7 Å². The van der Waals surface area contributed by atoms with Crippen molar-refractivity contribution in [3.63, 3.8) is 0 Å². The number of nitrogens with zero attached hydrogens (tertiary/aromatic N) is 3. The van der Waals surface area contributed by atoms with Crippen LogP contribution < -0.4 is 18.9 Å². The van der Waals surface area contributed by atoms with E-state index in [2.05, 4.69) is 8.75 Å². The van der Waals surface area contributed by atoms with Crippen molar-refractivity contribution in [3.8, 4) is 34.3 Å². The summed E-state index contributed by atoms with van der Waals surface area (Å²) in [5.41, 5.74) is 5.84. The third kappa shape index (κ3) is 5.82. The first-order valence-electron chi connectivity index (χ1n) is 13.7. The molecule has 0 aliphatic carbocycles. The Labute approximate surface area is 252 Å². The maximum atomic E-state index is 12.8. The summed E-state index contributed by atoms with van der Waals surface area (Å²) in [5, 5.41) is 0.839. The first-order valence-corrected chi connectivity index (χ1v) is 14.4. The molecule has 6 aromatic rings. The average Bonchev–Trinajstić information content (AvgIpc) is 3.62. The van der Waals surface area contributed by atoms with Gasteiger partial charge in [0.1, 0.15) is 34.9 Å². The highest BCUT2D eigenvalue weighted by atomic mass is 32.1. The lowest BCUT2D eigenvalue weighted by Crippen LogP contribution is -2.14. The van der Waals surface area contributed by atoms with Crippen LogP contribution in [0.4, 0.5) is 4.79 Å². The van der Waals surface area contributed by atoms with Crippen LogP contribution in [0.2, 0.25) is 0 Å². The first kappa shape index (κ1) is 28.0. The van der Waals surface area contributed by atoms with Crippen LogP contribution in [0.25, 0.3) is 33.1 Å². The molecule has 4 aromatic carbocycles. The Balaban J connectivity index is 1.54. The van der Waals surface area contributed by atoms with Gasteiger partial charge in [-0.25, -0.2) is 4.79 Å². The molecule has 218 valence electrons. The summed E-state index contributed by atoms with van der Waals surface area (Å²) in [6.07, 6.45) is -0.806. The molecule has 0 spiro atoms. The smallest absolute Gasteiger partial charge is 0.497 e. The number of benzene rings is 4. The van der Waals surface area contributed by atoms with Gasteiger partial charge in [0, 0.05) is 23.1 Å². The normalized spacial score (nSPS) is 11.0. The molecule has 0 amide bonds.